The first kappa shape index (κ1) is 17.1. The summed E-state index contributed by atoms with van der Waals surface area (Å²) in [5, 5.41) is 5.11. The van der Waals surface area contributed by atoms with Gasteiger partial charge in [-0.2, -0.15) is 0 Å². The smallest absolute Gasteiger partial charge is 0.253 e. The molecule has 0 radical (unpaired) electrons. The quantitative estimate of drug-likeness (QED) is 0.821. The van der Waals surface area contributed by atoms with Gasteiger partial charge in [0.2, 0.25) is 10.0 Å². The molecule has 1 aromatic carbocycles. The number of ether oxygens (including phenoxy) is 1. The molecule has 0 atom stereocenters. The lowest BCUT2D eigenvalue weighted by Gasteiger charge is -2.20. The van der Waals surface area contributed by atoms with Gasteiger partial charge in [0.25, 0.3) is 5.91 Å². The van der Waals surface area contributed by atoms with E-state index in [1.54, 1.807) is 18.1 Å². The van der Waals surface area contributed by atoms with Crippen LogP contribution in [-0.2, 0) is 14.8 Å². The van der Waals surface area contributed by atoms with E-state index < -0.39 is 10.0 Å². The fourth-order valence-electron chi connectivity index (χ4n) is 1.64. The molecule has 20 heavy (non-hydrogen) atoms. The maximum atomic E-state index is 12.3. The van der Waals surface area contributed by atoms with E-state index >= 15 is 0 Å². The molecule has 1 aromatic rings. The van der Waals surface area contributed by atoms with Crippen molar-refractivity contribution in [1.82, 2.24) is 4.90 Å². The van der Waals surface area contributed by atoms with Crippen LogP contribution >= 0.6 is 15.9 Å². The Morgan fingerprint density at radius 3 is 2.60 bits per heavy atom. The van der Waals surface area contributed by atoms with Crippen LogP contribution in [0.3, 0.4) is 0 Å². The van der Waals surface area contributed by atoms with E-state index in [9.17, 15) is 13.2 Å². The zero-order valence-electron chi connectivity index (χ0n) is 11.3. The summed E-state index contributed by atoms with van der Waals surface area (Å²) >= 11 is 3.11. The van der Waals surface area contributed by atoms with Gasteiger partial charge < -0.3 is 9.64 Å². The summed E-state index contributed by atoms with van der Waals surface area (Å²) in [7, 11) is -2.33. The molecule has 0 heterocycles. The number of carbonyl (C=O) groups excluding carboxylic acids is 1. The average molecular weight is 365 g/mol. The molecule has 0 aliphatic rings. The van der Waals surface area contributed by atoms with Gasteiger partial charge >= 0.3 is 0 Å². The zero-order valence-corrected chi connectivity index (χ0v) is 13.7. The Hall–Kier alpha value is -0.960. The molecule has 0 unspecified atom stereocenters. The minimum absolute atomic E-state index is 0.105. The van der Waals surface area contributed by atoms with Gasteiger partial charge in [0.1, 0.15) is 0 Å². The number of carbonyl (C=O) groups is 1. The summed E-state index contributed by atoms with van der Waals surface area (Å²) in [6.45, 7) is 3.20. The monoisotopic (exact) mass is 364 g/mol. The Labute approximate surface area is 127 Å². The molecule has 0 spiro atoms. The Morgan fingerprint density at radius 2 is 2.10 bits per heavy atom. The van der Waals surface area contributed by atoms with Gasteiger partial charge in [0.15, 0.2) is 0 Å². The number of benzene rings is 1. The Morgan fingerprint density at radius 1 is 1.45 bits per heavy atom. The molecular weight excluding hydrogens is 348 g/mol. The summed E-state index contributed by atoms with van der Waals surface area (Å²) in [5.74, 6) is -0.262. The molecule has 0 aliphatic heterocycles. The number of nitrogens with zero attached hydrogens (tertiary/aromatic N) is 1. The summed E-state index contributed by atoms with van der Waals surface area (Å²) in [4.78, 5) is 13.8. The van der Waals surface area contributed by atoms with E-state index in [1.807, 2.05) is 6.92 Å². The number of primary sulfonamides is 1. The number of sulfonamides is 1. The second-order valence-corrected chi connectivity index (χ2v) is 6.45. The van der Waals surface area contributed by atoms with Crippen LogP contribution in [-0.4, -0.2) is 46.0 Å². The molecule has 0 saturated heterocycles. The molecule has 6 nitrogen and oxygen atoms in total. The van der Waals surface area contributed by atoms with E-state index in [2.05, 4.69) is 15.9 Å². The number of hydrogen-bond acceptors (Lipinski definition) is 4. The first-order valence-corrected chi connectivity index (χ1v) is 8.25. The number of halogens is 1. The van der Waals surface area contributed by atoms with Gasteiger partial charge in [-0.05, 0) is 41.1 Å². The highest BCUT2D eigenvalue weighted by molar-refractivity contribution is 9.10. The number of rotatable bonds is 6. The lowest BCUT2D eigenvalue weighted by molar-refractivity contribution is 0.0706. The van der Waals surface area contributed by atoms with Crippen molar-refractivity contribution in [2.45, 2.75) is 11.8 Å². The van der Waals surface area contributed by atoms with Crippen LogP contribution < -0.4 is 5.14 Å². The van der Waals surface area contributed by atoms with E-state index in [1.165, 1.54) is 12.1 Å². The maximum absolute atomic E-state index is 12.3. The molecule has 0 bridgehead atoms. The second kappa shape index (κ2) is 7.16. The van der Waals surface area contributed by atoms with Crippen LogP contribution in [0.4, 0.5) is 0 Å². The van der Waals surface area contributed by atoms with E-state index in [4.69, 9.17) is 9.88 Å². The molecule has 0 aliphatic carbocycles. The third-order valence-corrected chi connectivity index (χ3v) is 4.62. The van der Waals surface area contributed by atoms with Crippen molar-refractivity contribution in [1.29, 1.82) is 0 Å². The summed E-state index contributed by atoms with van der Waals surface area (Å²) in [5.41, 5.74) is 0.273. The van der Waals surface area contributed by atoms with Crippen LogP contribution in [0.2, 0.25) is 0 Å². The first-order valence-electron chi connectivity index (χ1n) is 5.91. The third kappa shape index (κ3) is 4.27. The average Bonchev–Trinajstić information content (AvgIpc) is 2.38. The Bertz CT molecular complexity index is 589. The number of amides is 1. The minimum atomic E-state index is -3.88. The van der Waals surface area contributed by atoms with Gasteiger partial charge in [0.05, 0.1) is 11.5 Å². The van der Waals surface area contributed by atoms with E-state index in [0.717, 1.165) is 0 Å². The highest BCUT2D eigenvalue weighted by Crippen LogP contribution is 2.22. The maximum Gasteiger partial charge on any atom is 0.253 e. The normalized spacial score (nSPS) is 11.4. The van der Waals surface area contributed by atoms with Crippen molar-refractivity contribution in [2.75, 3.05) is 26.8 Å². The molecule has 0 saturated carbocycles. The lowest BCUT2D eigenvalue weighted by Crippen LogP contribution is -2.33. The van der Waals surface area contributed by atoms with Gasteiger partial charge in [-0.3, -0.25) is 4.79 Å². The topological polar surface area (TPSA) is 89.7 Å². The molecule has 0 fully saturated rings. The Balaban J connectivity index is 3.11. The summed E-state index contributed by atoms with van der Waals surface area (Å²) < 4.78 is 28.2. The second-order valence-electron chi connectivity index (χ2n) is 4.07. The number of likely N-dealkylation sites (N-methyl/N-ethyl adjacent to an activating group) is 1. The van der Waals surface area contributed by atoms with Crippen molar-refractivity contribution < 1.29 is 17.9 Å². The molecule has 0 aromatic heterocycles. The van der Waals surface area contributed by atoms with Crippen LogP contribution in [0.1, 0.15) is 17.3 Å². The number of hydrogen-bond donors (Lipinski definition) is 1. The molecular formula is C12H17BrN2O4S. The van der Waals surface area contributed by atoms with E-state index in [-0.39, 0.29) is 16.4 Å². The number of methoxy groups -OCH3 is 1. The van der Waals surface area contributed by atoms with E-state index in [0.29, 0.717) is 24.2 Å². The summed E-state index contributed by atoms with van der Waals surface area (Å²) in [6.07, 6.45) is 0. The van der Waals surface area contributed by atoms with Crippen molar-refractivity contribution in [3.63, 3.8) is 0 Å². The molecule has 1 amide bonds. The molecule has 112 valence electrons. The van der Waals surface area contributed by atoms with Gasteiger partial charge in [0, 0.05) is 30.2 Å². The predicted molar refractivity (Wildman–Crippen MR) is 79.0 cm³/mol. The van der Waals surface area contributed by atoms with Gasteiger partial charge in [-0.15, -0.1) is 0 Å². The van der Waals surface area contributed by atoms with Crippen molar-refractivity contribution in [2.24, 2.45) is 5.14 Å². The molecule has 2 N–H and O–H groups in total. The standard InChI is InChI=1S/C12H17BrN2O4S/c1-3-15(6-7-19-2)12(16)9-4-5-10(13)11(8-9)20(14,17)18/h4-5,8H,3,6-7H2,1-2H3,(H2,14,17,18). The molecule has 8 heteroatoms. The minimum Gasteiger partial charge on any atom is -0.383 e. The third-order valence-electron chi connectivity index (χ3n) is 2.72. The zero-order chi connectivity index (χ0) is 15.3. The van der Waals surface area contributed by atoms with Crippen molar-refractivity contribution >= 4 is 31.9 Å². The lowest BCUT2D eigenvalue weighted by atomic mass is 10.2. The number of nitrogens with two attached hydrogens (primary N) is 1. The fraction of sp³-hybridized carbons (Fsp3) is 0.417. The highest BCUT2D eigenvalue weighted by atomic mass is 79.9. The van der Waals surface area contributed by atoms with Crippen LogP contribution in [0.25, 0.3) is 0 Å². The SMILES string of the molecule is CCN(CCOC)C(=O)c1ccc(Br)c(S(N)(=O)=O)c1. The van der Waals surface area contributed by atoms with Crippen molar-refractivity contribution in [3.8, 4) is 0 Å². The largest absolute Gasteiger partial charge is 0.383 e. The summed E-state index contributed by atoms with van der Waals surface area (Å²) in [6, 6.07) is 4.32. The van der Waals surface area contributed by atoms with Crippen molar-refractivity contribution in [3.05, 3.63) is 28.2 Å². The Kier molecular flexibility index (Phi) is 6.12. The highest BCUT2D eigenvalue weighted by Gasteiger charge is 2.19. The van der Waals surface area contributed by atoms with Gasteiger partial charge in [-0.1, -0.05) is 0 Å². The van der Waals surface area contributed by atoms with Crippen LogP contribution in [0, 0.1) is 0 Å². The fourth-order valence-corrected chi connectivity index (χ4v) is 3.20. The van der Waals surface area contributed by atoms with Gasteiger partial charge in [-0.25, -0.2) is 13.6 Å². The molecule has 1 rings (SSSR count). The first-order chi connectivity index (χ1) is 9.31. The van der Waals surface area contributed by atoms with Crippen LogP contribution in [0.5, 0.6) is 0 Å². The predicted octanol–water partition coefficient (Wildman–Crippen LogP) is 1.21. The van der Waals surface area contributed by atoms with Crippen LogP contribution in [0.15, 0.2) is 27.6 Å².